The third kappa shape index (κ3) is 1.76. The van der Waals surface area contributed by atoms with Crippen LogP contribution in [0.1, 0.15) is 78.2 Å². The molecule has 7 unspecified atom stereocenters. The molecule has 0 aliphatic heterocycles. The summed E-state index contributed by atoms with van der Waals surface area (Å²) in [7, 11) is 0. The summed E-state index contributed by atoms with van der Waals surface area (Å²) in [6, 6.07) is 11.7. The predicted molar refractivity (Wildman–Crippen MR) is 101 cm³/mol. The molecule has 0 heteroatoms. The molecule has 0 amide bonds. The first-order chi connectivity index (χ1) is 11.3. The van der Waals surface area contributed by atoms with Crippen LogP contribution in [0.25, 0.3) is 0 Å². The Morgan fingerprint density at radius 1 is 0.875 bits per heavy atom. The van der Waals surface area contributed by atoms with Crippen molar-refractivity contribution in [3.63, 3.8) is 0 Å². The molecule has 6 bridgehead atoms. The van der Waals surface area contributed by atoms with Crippen molar-refractivity contribution in [1.29, 1.82) is 0 Å². The fourth-order valence-electron chi connectivity index (χ4n) is 8.58. The van der Waals surface area contributed by atoms with Crippen molar-refractivity contribution in [3.8, 4) is 0 Å². The molecular formula is C24H34. The average molecular weight is 323 g/mol. The van der Waals surface area contributed by atoms with E-state index in [1.165, 1.54) is 44.9 Å². The molecule has 1 aromatic rings. The van der Waals surface area contributed by atoms with Gasteiger partial charge in [-0.25, -0.2) is 0 Å². The first kappa shape index (κ1) is 15.5. The molecule has 0 spiro atoms. The van der Waals surface area contributed by atoms with Crippen molar-refractivity contribution in [1.82, 2.24) is 0 Å². The molecule has 0 radical (unpaired) electrons. The average Bonchev–Trinajstić information content (AvgIpc) is 2.55. The summed E-state index contributed by atoms with van der Waals surface area (Å²) in [6.07, 6.45) is 10.3. The summed E-state index contributed by atoms with van der Waals surface area (Å²) in [5.74, 6) is 2.86. The van der Waals surface area contributed by atoms with E-state index in [1.807, 2.05) is 0 Å². The van der Waals surface area contributed by atoms with E-state index < -0.39 is 0 Å². The highest BCUT2D eigenvalue weighted by atomic mass is 14.7. The van der Waals surface area contributed by atoms with E-state index in [1.54, 1.807) is 5.56 Å². The largest absolute Gasteiger partial charge is 0.0649 e. The lowest BCUT2D eigenvalue weighted by Gasteiger charge is -2.75. The Bertz CT molecular complexity index is 662. The van der Waals surface area contributed by atoms with E-state index in [2.05, 4.69) is 58.0 Å². The van der Waals surface area contributed by atoms with Gasteiger partial charge >= 0.3 is 0 Å². The summed E-state index contributed by atoms with van der Waals surface area (Å²) in [5.41, 5.74) is 3.96. The molecule has 0 N–H and O–H groups in total. The number of benzene rings is 1. The summed E-state index contributed by atoms with van der Waals surface area (Å²) in [6.45, 7) is 10.4. The van der Waals surface area contributed by atoms with Gasteiger partial charge in [-0.3, -0.25) is 0 Å². The highest BCUT2D eigenvalue weighted by Gasteiger charge is 2.70. The van der Waals surface area contributed by atoms with Crippen LogP contribution in [0.5, 0.6) is 0 Å². The lowest BCUT2D eigenvalue weighted by atomic mass is 9.29. The van der Waals surface area contributed by atoms with Crippen molar-refractivity contribution in [2.45, 2.75) is 78.1 Å². The Labute approximate surface area is 148 Å². The van der Waals surface area contributed by atoms with Crippen molar-refractivity contribution in [2.24, 2.45) is 34.0 Å². The van der Waals surface area contributed by atoms with Gasteiger partial charge in [-0.2, -0.15) is 0 Å². The van der Waals surface area contributed by atoms with Crippen molar-refractivity contribution in [2.75, 3.05) is 0 Å². The highest BCUT2D eigenvalue weighted by molar-refractivity contribution is 5.34. The summed E-state index contributed by atoms with van der Waals surface area (Å²) in [5, 5.41) is 0. The van der Waals surface area contributed by atoms with Gasteiger partial charge in [-0.05, 0) is 83.5 Å². The Hall–Kier alpha value is -0.780. The quantitative estimate of drug-likeness (QED) is 0.575. The zero-order chi connectivity index (χ0) is 16.8. The van der Waals surface area contributed by atoms with E-state index in [-0.39, 0.29) is 0 Å². The van der Waals surface area contributed by atoms with Crippen LogP contribution in [0.4, 0.5) is 0 Å². The van der Waals surface area contributed by atoms with Gasteiger partial charge in [0.25, 0.3) is 0 Å². The van der Waals surface area contributed by atoms with Gasteiger partial charge in [0.2, 0.25) is 0 Å². The van der Waals surface area contributed by atoms with Crippen LogP contribution in [0.3, 0.4) is 0 Å². The van der Waals surface area contributed by atoms with Crippen molar-refractivity contribution >= 4 is 0 Å². The molecule has 6 rings (SSSR count). The topological polar surface area (TPSA) is 0 Å². The second-order valence-electron chi connectivity index (χ2n) is 11.1. The first-order valence-corrected chi connectivity index (χ1v) is 10.4. The Kier molecular flexibility index (Phi) is 2.89. The molecule has 5 fully saturated rings. The van der Waals surface area contributed by atoms with Crippen LogP contribution in [0, 0.1) is 34.0 Å². The van der Waals surface area contributed by atoms with Crippen LogP contribution in [0.15, 0.2) is 30.3 Å². The summed E-state index contributed by atoms with van der Waals surface area (Å²) in [4.78, 5) is 0. The van der Waals surface area contributed by atoms with Crippen molar-refractivity contribution < 1.29 is 0 Å². The maximum atomic E-state index is 2.70. The van der Waals surface area contributed by atoms with Gasteiger partial charge in [-0.15, -0.1) is 0 Å². The number of rotatable bonds is 2. The minimum absolute atomic E-state index is 0.484. The van der Waals surface area contributed by atoms with Crippen LogP contribution >= 0.6 is 0 Å². The molecule has 7 atom stereocenters. The molecule has 0 heterocycles. The Morgan fingerprint density at radius 2 is 1.62 bits per heavy atom. The van der Waals surface area contributed by atoms with Crippen LogP contribution < -0.4 is 0 Å². The molecule has 0 nitrogen and oxygen atoms in total. The Morgan fingerprint density at radius 3 is 2.33 bits per heavy atom. The first-order valence-electron chi connectivity index (χ1n) is 10.4. The van der Waals surface area contributed by atoms with Crippen LogP contribution in [-0.4, -0.2) is 0 Å². The van der Waals surface area contributed by atoms with E-state index in [4.69, 9.17) is 0 Å². The minimum atomic E-state index is 0.484. The predicted octanol–water partition coefficient (Wildman–Crippen LogP) is 6.60. The maximum Gasteiger partial charge on any atom is -0.000770 e. The van der Waals surface area contributed by atoms with E-state index >= 15 is 0 Å². The summed E-state index contributed by atoms with van der Waals surface area (Å²) >= 11 is 0. The minimum Gasteiger partial charge on any atom is -0.0649 e. The second-order valence-corrected chi connectivity index (χ2v) is 11.1. The fourth-order valence-corrected chi connectivity index (χ4v) is 8.58. The molecule has 0 saturated heterocycles. The van der Waals surface area contributed by atoms with E-state index in [0.717, 1.165) is 17.8 Å². The van der Waals surface area contributed by atoms with Gasteiger partial charge in [0.1, 0.15) is 0 Å². The molecule has 5 saturated carbocycles. The SMILES string of the molecule is CCC1(C)CC2C3CC4(C)CC(CC2(c2ccccc2)C4)C3(C)C1. The zero-order valence-corrected chi connectivity index (χ0v) is 16.1. The molecule has 24 heavy (non-hydrogen) atoms. The molecule has 1 aromatic carbocycles. The molecule has 5 aliphatic carbocycles. The number of hydrogen-bond donors (Lipinski definition) is 0. The smallest absolute Gasteiger partial charge is 0.000770 e. The van der Waals surface area contributed by atoms with Crippen LogP contribution in [-0.2, 0) is 5.41 Å². The second kappa shape index (κ2) is 4.49. The van der Waals surface area contributed by atoms with Crippen molar-refractivity contribution in [3.05, 3.63) is 35.9 Å². The van der Waals surface area contributed by atoms with Gasteiger partial charge in [0, 0.05) is 0 Å². The van der Waals surface area contributed by atoms with E-state index in [0.29, 0.717) is 21.7 Å². The van der Waals surface area contributed by atoms with Gasteiger partial charge in [0.15, 0.2) is 0 Å². The van der Waals surface area contributed by atoms with Gasteiger partial charge in [-0.1, -0.05) is 64.4 Å². The highest BCUT2D eigenvalue weighted by Crippen LogP contribution is 2.78. The molecular weight excluding hydrogens is 288 g/mol. The van der Waals surface area contributed by atoms with Crippen LogP contribution in [0.2, 0.25) is 0 Å². The monoisotopic (exact) mass is 322 g/mol. The zero-order valence-electron chi connectivity index (χ0n) is 16.1. The van der Waals surface area contributed by atoms with Gasteiger partial charge < -0.3 is 0 Å². The molecule has 5 aliphatic rings. The lowest BCUT2D eigenvalue weighted by Crippen LogP contribution is -2.68. The van der Waals surface area contributed by atoms with Gasteiger partial charge in [0.05, 0.1) is 0 Å². The van der Waals surface area contributed by atoms with E-state index in [9.17, 15) is 0 Å². The molecule has 0 aromatic heterocycles. The Balaban J connectivity index is 1.70. The fraction of sp³-hybridized carbons (Fsp3) is 0.750. The third-order valence-electron chi connectivity index (χ3n) is 9.50. The number of hydrogen-bond acceptors (Lipinski definition) is 0. The normalized spacial score (nSPS) is 54.9. The molecule has 130 valence electrons. The lowest BCUT2D eigenvalue weighted by molar-refractivity contribution is -0.233. The standard InChI is InChI=1S/C24H34/c1-5-21(2)14-20-19-13-22(3)11-18(23(19,4)15-21)12-24(20,16-22)17-9-7-6-8-10-17/h6-10,18-20H,5,11-16H2,1-4H3. The maximum absolute atomic E-state index is 2.70. The third-order valence-corrected chi connectivity index (χ3v) is 9.50. The summed E-state index contributed by atoms with van der Waals surface area (Å²) < 4.78 is 0.